The summed E-state index contributed by atoms with van der Waals surface area (Å²) in [6, 6.07) is 26.8. The first-order valence-corrected chi connectivity index (χ1v) is 15.6. The zero-order valence-corrected chi connectivity index (χ0v) is 25.8. The predicted octanol–water partition coefficient (Wildman–Crippen LogP) is 11.5. The molecule has 1 aliphatic carbocycles. The van der Waals surface area contributed by atoms with E-state index in [1.807, 2.05) is 85.8 Å². The van der Waals surface area contributed by atoms with Gasteiger partial charge < -0.3 is 0 Å². The lowest BCUT2D eigenvalue weighted by atomic mass is 9.80. The molecule has 9 rings (SSSR count). The molecule has 0 radical (unpaired) electrons. The van der Waals surface area contributed by atoms with Crippen LogP contribution in [0.3, 0.4) is 0 Å². The molecule has 46 heavy (non-hydrogen) atoms. The largest absolute Gasteiger partial charge is 0.296 e. The first-order valence-electron chi connectivity index (χ1n) is 19.6. The highest BCUT2D eigenvalue weighted by Crippen LogP contribution is 2.51. The van der Waals surface area contributed by atoms with Crippen LogP contribution in [-0.2, 0) is 11.8 Å². The number of aryl methyl sites for hydroxylation is 1. The minimum atomic E-state index is -0.421. The van der Waals surface area contributed by atoms with Gasteiger partial charge in [0.2, 0.25) is 0 Å². The van der Waals surface area contributed by atoms with Crippen LogP contribution in [0, 0.1) is 0 Å². The number of fused-ring (bicyclic) bond motifs is 6. The van der Waals surface area contributed by atoms with Crippen LogP contribution in [0.5, 0.6) is 0 Å². The Hall–Kier alpha value is -5.47. The van der Waals surface area contributed by atoms with Gasteiger partial charge in [0.05, 0.1) is 22.0 Å². The van der Waals surface area contributed by atoms with Gasteiger partial charge in [0.25, 0.3) is 0 Å². The normalized spacial score (nSPS) is 15.8. The van der Waals surface area contributed by atoms with Crippen molar-refractivity contribution >= 4 is 32.6 Å². The van der Waals surface area contributed by atoms with Gasteiger partial charge >= 0.3 is 0 Å². The average molecular weight is 599 g/mol. The van der Waals surface area contributed by atoms with Crippen molar-refractivity contribution in [3.63, 3.8) is 0 Å². The number of hydrogen-bond donors (Lipinski definition) is 0. The molecule has 0 unspecified atom stereocenters. The summed E-state index contributed by atoms with van der Waals surface area (Å²) in [7, 11) is 0. The molecule has 0 N–H and O–H groups in total. The molecule has 1 aromatic heterocycles. The molecule has 0 atom stereocenters. The number of hydrogen-bond acceptors (Lipinski definition) is 1. The minimum absolute atomic E-state index is 0.194. The summed E-state index contributed by atoms with van der Waals surface area (Å²) in [5.41, 5.74) is 8.33. The van der Waals surface area contributed by atoms with E-state index in [4.69, 9.17) is 10.5 Å². The zero-order valence-electron chi connectivity index (χ0n) is 33.8. The van der Waals surface area contributed by atoms with Crippen LogP contribution in [0.2, 0.25) is 0 Å². The third-order valence-electron chi connectivity index (χ3n) is 9.59. The van der Waals surface area contributed by atoms with Crippen LogP contribution in [0.15, 0.2) is 139 Å². The second kappa shape index (κ2) is 10.0. The predicted molar refractivity (Wildman–Crippen MR) is 194 cm³/mol. The van der Waals surface area contributed by atoms with E-state index in [1.54, 1.807) is 0 Å². The summed E-state index contributed by atoms with van der Waals surface area (Å²) in [5, 5.41) is 0.795. The Morgan fingerprint density at radius 2 is 1.24 bits per heavy atom. The molecule has 0 aliphatic heterocycles. The van der Waals surface area contributed by atoms with Crippen LogP contribution in [0.4, 0.5) is 0 Å². The van der Waals surface area contributed by atoms with Crippen LogP contribution in [0.25, 0.3) is 71.6 Å². The van der Waals surface area contributed by atoms with Crippen molar-refractivity contribution in [3.8, 4) is 39.1 Å². The average Bonchev–Trinajstić information content (AvgIpc) is 3.68. The van der Waals surface area contributed by atoms with Crippen molar-refractivity contribution in [2.75, 3.05) is 0 Å². The Morgan fingerprint density at radius 1 is 0.630 bits per heavy atom. The summed E-state index contributed by atoms with van der Waals surface area (Å²) in [6.45, 7) is 6.34. The van der Waals surface area contributed by atoms with Gasteiger partial charge in [-0.2, -0.15) is 0 Å². The van der Waals surface area contributed by atoms with Gasteiger partial charge in [-0.15, -0.1) is 0 Å². The fraction of sp³-hybridized carbons (Fsp3) is 0.114. The van der Waals surface area contributed by atoms with Crippen LogP contribution in [0.1, 0.15) is 48.7 Å². The van der Waals surface area contributed by atoms with Crippen molar-refractivity contribution < 1.29 is 11.0 Å². The van der Waals surface area contributed by atoms with E-state index >= 15 is 0 Å². The van der Waals surface area contributed by atoms with Gasteiger partial charge in [0.15, 0.2) is 0 Å². The molecule has 1 aliphatic rings. The Balaban J connectivity index is 1.46. The van der Waals surface area contributed by atoms with E-state index in [0.717, 1.165) is 39.2 Å². The van der Waals surface area contributed by atoms with Crippen LogP contribution < -0.4 is 0 Å². The highest BCUT2D eigenvalue weighted by atomic mass is 15.1. The molecular formula is C44H34N2. The molecule has 220 valence electrons. The maximum atomic E-state index is 9.41. The third-order valence-corrected chi connectivity index (χ3v) is 9.59. The number of para-hydroxylation sites is 2. The summed E-state index contributed by atoms with van der Waals surface area (Å²) in [5.74, 6) is 0.837. The van der Waals surface area contributed by atoms with Crippen molar-refractivity contribution in [3.05, 3.63) is 156 Å². The Morgan fingerprint density at radius 3 is 1.93 bits per heavy atom. The maximum absolute atomic E-state index is 9.41. The lowest BCUT2D eigenvalue weighted by molar-refractivity contribution is 0.660. The lowest BCUT2D eigenvalue weighted by Gasteiger charge is -2.23. The Bertz CT molecular complexity index is 2860. The number of benzene rings is 7. The molecule has 0 saturated carbocycles. The minimum Gasteiger partial charge on any atom is -0.296 e. The molecule has 0 fully saturated rings. The van der Waals surface area contributed by atoms with Gasteiger partial charge in [-0.25, -0.2) is 4.98 Å². The molecule has 8 aromatic rings. The summed E-state index contributed by atoms with van der Waals surface area (Å²) >= 11 is 0. The molecule has 0 saturated heterocycles. The fourth-order valence-corrected chi connectivity index (χ4v) is 7.46. The van der Waals surface area contributed by atoms with E-state index in [-0.39, 0.29) is 51.1 Å². The lowest BCUT2D eigenvalue weighted by Crippen LogP contribution is -2.14. The summed E-state index contributed by atoms with van der Waals surface area (Å²) in [6.07, 6.45) is 0.656. The van der Waals surface area contributed by atoms with Crippen LogP contribution >= 0.6 is 0 Å². The Labute approximate surface area is 280 Å². The smallest absolute Gasteiger partial charge is 0.114 e. The van der Waals surface area contributed by atoms with E-state index in [2.05, 4.69) is 30.5 Å². The quantitative estimate of drug-likeness (QED) is 0.184. The number of aromatic nitrogens is 2. The third kappa shape index (κ3) is 3.80. The molecule has 2 nitrogen and oxygen atoms in total. The molecular weight excluding hydrogens is 556 g/mol. The second-order valence-corrected chi connectivity index (χ2v) is 12.4. The number of imidazole rings is 1. The van der Waals surface area contributed by atoms with Gasteiger partial charge in [0, 0.05) is 17.5 Å². The fourth-order valence-electron chi connectivity index (χ4n) is 7.46. The van der Waals surface area contributed by atoms with E-state index < -0.39 is 24.2 Å². The topological polar surface area (TPSA) is 17.8 Å². The maximum Gasteiger partial charge on any atom is 0.114 e. The summed E-state index contributed by atoms with van der Waals surface area (Å²) < 4.78 is 75.1. The summed E-state index contributed by atoms with van der Waals surface area (Å²) in [4.78, 5) is 4.86. The molecule has 1 heterocycles. The monoisotopic (exact) mass is 598 g/mol. The van der Waals surface area contributed by atoms with Gasteiger partial charge in [0.1, 0.15) is 5.82 Å². The van der Waals surface area contributed by atoms with Gasteiger partial charge in [-0.1, -0.05) is 130 Å². The standard InChI is InChI=1S/C44H34N2/c1-4-41-45-39-22-11-12-23-40(39)46(41)30-15-13-14-28(26-30)42-33-17-5-7-19-35(33)43(36-20-8-6-18-34(36)42)29-24-25-32-31-16-9-10-21-37(31)44(2,3)38(32)27-29/h5-27H,4H2,1-3H3/i5D,6D,7D,8D,17D,18D,19D,20D. The van der Waals surface area contributed by atoms with E-state index in [1.165, 1.54) is 5.56 Å². The highest BCUT2D eigenvalue weighted by Gasteiger charge is 2.35. The van der Waals surface area contributed by atoms with Crippen molar-refractivity contribution in [2.24, 2.45) is 0 Å². The highest BCUT2D eigenvalue weighted by molar-refractivity contribution is 6.21. The number of nitrogens with zero attached hydrogens (tertiary/aromatic N) is 2. The first-order chi connectivity index (χ1) is 25.9. The molecule has 0 amide bonds. The molecule has 0 spiro atoms. The van der Waals surface area contributed by atoms with Crippen molar-refractivity contribution in [1.82, 2.24) is 9.55 Å². The Kier molecular flexibility index (Phi) is 4.32. The van der Waals surface area contributed by atoms with Crippen molar-refractivity contribution in [1.29, 1.82) is 0 Å². The van der Waals surface area contributed by atoms with Crippen LogP contribution in [-0.4, -0.2) is 9.55 Å². The second-order valence-electron chi connectivity index (χ2n) is 12.4. The number of rotatable bonds is 4. The van der Waals surface area contributed by atoms with Gasteiger partial charge in [-0.05, 0) is 96.4 Å². The van der Waals surface area contributed by atoms with Gasteiger partial charge in [-0.3, -0.25) is 4.57 Å². The van der Waals surface area contributed by atoms with E-state index in [0.29, 0.717) is 28.7 Å². The van der Waals surface area contributed by atoms with Crippen molar-refractivity contribution in [2.45, 2.75) is 32.6 Å². The molecule has 7 aromatic carbocycles. The zero-order chi connectivity index (χ0) is 38.0. The van der Waals surface area contributed by atoms with E-state index in [9.17, 15) is 5.48 Å². The first kappa shape index (κ1) is 19.8. The molecule has 0 bridgehead atoms. The molecule has 2 heteroatoms. The SMILES string of the molecule is [2H]c1c([2H])c([2H])c2c(-c3ccc4c(c3)C(C)(C)c3ccccc3-4)c3c([2H])c([2H])c([2H])c([2H])c3c(-c3cccc(-n4c(CC)nc5ccccc54)c3)c2c1[2H].